The van der Waals surface area contributed by atoms with E-state index in [4.69, 9.17) is 10.2 Å². The second-order valence-corrected chi connectivity index (χ2v) is 6.16. The minimum absolute atomic E-state index is 0.349. The van der Waals surface area contributed by atoms with Crippen LogP contribution in [0.15, 0.2) is 24.3 Å². The molecule has 25 heavy (non-hydrogen) atoms. The Bertz CT molecular complexity index is 452. The lowest BCUT2D eigenvalue weighted by Crippen LogP contribution is -2.46. The van der Waals surface area contributed by atoms with Crippen LogP contribution >= 0.6 is 0 Å². The number of halogens is 3. The number of alkyl halides is 3. The maximum absolute atomic E-state index is 12.9. The van der Waals surface area contributed by atoms with E-state index < -0.39 is 13.7 Å². The molecule has 0 atom stereocenters. The van der Waals surface area contributed by atoms with E-state index in [1.165, 1.54) is 32.5 Å². The summed E-state index contributed by atoms with van der Waals surface area (Å²) in [5.74, 6) is 0.985. The van der Waals surface area contributed by atoms with Crippen molar-refractivity contribution in [1.29, 1.82) is 0 Å². The van der Waals surface area contributed by atoms with Gasteiger partial charge in [-0.1, -0.05) is 24.3 Å². The molecular formula is C18H29F3N2O2. The van der Waals surface area contributed by atoms with Crippen molar-refractivity contribution in [3.8, 4) is 0 Å². The first kappa shape index (κ1) is 21.9. The van der Waals surface area contributed by atoms with Crippen LogP contribution < -0.4 is 0 Å². The molecule has 1 saturated heterocycles. The predicted molar refractivity (Wildman–Crippen MR) is 92.1 cm³/mol. The van der Waals surface area contributed by atoms with Crippen molar-refractivity contribution in [2.24, 2.45) is 5.92 Å². The lowest BCUT2D eigenvalue weighted by atomic mass is 10.1. The van der Waals surface area contributed by atoms with Crippen molar-refractivity contribution >= 4 is 0 Å². The van der Waals surface area contributed by atoms with Gasteiger partial charge in [-0.2, -0.15) is 0 Å². The molecule has 2 aliphatic rings. The number of benzene rings is 1. The van der Waals surface area contributed by atoms with Gasteiger partial charge in [0, 0.05) is 39.3 Å². The number of rotatable bonds is 5. The van der Waals surface area contributed by atoms with E-state index in [2.05, 4.69) is 15.9 Å². The van der Waals surface area contributed by atoms with Gasteiger partial charge in [0.05, 0.1) is 0 Å². The first-order valence-electron chi connectivity index (χ1n) is 8.59. The van der Waals surface area contributed by atoms with Gasteiger partial charge in [-0.15, -0.1) is 0 Å². The van der Waals surface area contributed by atoms with E-state index in [0.29, 0.717) is 0 Å². The highest BCUT2D eigenvalue weighted by atomic mass is 19.3. The van der Waals surface area contributed by atoms with Crippen LogP contribution in [-0.4, -0.2) is 66.5 Å². The van der Waals surface area contributed by atoms with Gasteiger partial charge in [-0.05, 0) is 29.9 Å². The normalized spacial score (nSPS) is 18.0. The number of hydrogen-bond donors (Lipinski definition) is 2. The van der Waals surface area contributed by atoms with Gasteiger partial charge in [0.25, 0.3) is 0 Å². The Labute approximate surface area is 147 Å². The van der Waals surface area contributed by atoms with Crippen LogP contribution in [-0.2, 0) is 13.2 Å². The molecule has 0 spiro atoms. The molecule has 0 unspecified atom stereocenters. The molecule has 0 aromatic heterocycles. The van der Waals surface area contributed by atoms with Gasteiger partial charge in [0.1, 0.15) is 13.5 Å². The second-order valence-electron chi connectivity index (χ2n) is 6.16. The fourth-order valence-electron chi connectivity index (χ4n) is 2.88. The molecule has 1 aromatic rings. The summed E-state index contributed by atoms with van der Waals surface area (Å²) in [6.07, 6.45) is 2.87. The van der Waals surface area contributed by atoms with Crippen molar-refractivity contribution in [2.75, 3.05) is 46.4 Å². The average Bonchev–Trinajstić information content (AvgIpc) is 3.43. The van der Waals surface area contributed by atoms with E-state index in [-0.39, 0.29) is 6.67 Å². The van der Waals surface area contributed by atoms with Crippen LogP contribution in [0.25, 0.3) is 0 Å². The standard InChI is InChI=1S/C16H23FN2.CH2F2.CH4O2/c17-11-15-3-1-2-4-16(15)13-19-9-7-18(8-10-19)12-14-5-6-14;2*2-1-3/h1-4,14H,5-13H2;1H2;2-3H,1H2. The SMILES string of the molecule is FCF.FCc1ccccc1CN1CCN(CC2CC2)CC1.OCO. The zero-order valence-corrected chi connectivity index (χ0v) is 14.6. The van der Waals surface area contributed by atoms with Crippen LogP contribution in [0.5, 0.6) is 0 Å². The summed E-state index contributed by atoms with van der Waals surface area (Å²) in [5.41, 5.74) is 2.00. The van der Waals surface area contributed by atoms with Crippen LogP contribution in [0.3, 0.4) is 0 Å². The maximum atomic E-state index is 12.9. The number of nitrogens with zero attached hydrogens (tertiary/aromatic N) is 2. The van der Waals surface area contributed by atoms with Crippen molar-refractivity contribution in [2.45, 2.75) is 26.1 Å². The van der Waals surface area contributed by atoms with Crippen LogP contribution in [0.4, 0.5) is 13.2 Å². The second kappa shape index (κ2) is 13.1. The van der Waals surface area contributed by atoms with Gasteiger partial charge < -0.3 is 15.1 Å². The van der Waals surface area contributed by atoms with E-state index in [9.17, 15) is 13.2 Å². The Morgan fingerprint density at radius 2 is 1.36 bits per heavy atom. The van der Waals surface area contributed by atoms with Crippen molar-refractivity contribution in [1.82, 2.24) is 9.80 Å². The number of aliphatic hydroxyl groups is 2. The summed E-state index contributed by atoms with van der Waals surface area (Å²) in [6.45, 7) is 3.94. The van der Waals surface area contributed by atoms with E-state index >= 15 is 0 Å². The summed E-state index contributed by atoms with van der Waals surface area (Å²) >= 11 is 0. The monoisotopic (exact) mass is 362 g/mol. The summed E-state index contributed by atoms with van der Waals surface area (Å²) < 4.78 is 32.2. The highest BCUT2D eigenvalue weighted by Crippen LogP contribution is 2.30. The number of piperazine rings is 1. The number of hydrogen-bond acceptors (Lipinski definition) is 4. The predicted octanol–water partition coefficient (Wildman–Crippen LogP) is 2.50. The van der Waals surface area contributed by atoms with Gasteiger partial charge in [-0.25, -0.2) is 13.2 Å². The third-order valence-electron chi connectivity index (χ3n) is 4.33. The summed E-state index contributed by atoms with van der Waals surface area (Å²) in [6, 6.07) is 7.90. The molecule has 2 fully saturated rings. The Morgan fingerprint density at radius 3 is 1.84 bits per heavy atom. The molecule has 1 heterocycles. The topological polar surface area (TPSA) is 46.9 Å². The van der Waals surface area contributed by atoms with Crippen LogP contribution in [0.2, 0.25) is 0 Å². The van der Waals surface area contributed by atoms with E-state index in [1.54, 1.807) is 0 Å². The lowest BCUT2D eigenvalue weighted by Gasteiger charge is -2.35. The Balaban J connectivity index is 0.000000460. The molecule has 0 bridgehead atoms. The molecule has 1 aliphatic carbocycles. The summed E-state index contributed by atoms with van der Waals surface area (Å²) in [7, 11) is 0. The van der Waals surface area contributed by atoms with Crippen molar-refractivity contribution in [3.63, 3.8) is 0 Å². The first-order chi connectivity index (χ1) is 12.2. The quantitative estimate of drug-likeness (QED) is 0.790. The van der Waals surface area contributed by atoms with Gasteiger partial charge in [0.15, 0.2) is 0 Å². The molecule has 1 aromatic carbocycles. The third-order valence-corrected chi connectivity index (χ3v) is 4.33. The molecular weight excluding hydrogens is 333 g/mol. The molecule has 4 nitrogen and oxygen atoms in total. The first-order valence-corrected chi connectivity index (χ1v) is 8.59. The van der Waals surface area contributed by atoms with Crippen molar-refractivity contribution in [3.05, 3.63) is 35.4 Å². The maximum Gasteiger partial charge on any atom is 0.229 e. The zero-order chi connectivity index (χ0) is 18.5. The minimum Gasteiger partial charge on any atom is -0.371 e. The fraction of sp³-hybridized carbons (Fsp3) is 0.667. The van der Waals surface area contributed by atoms with Gasteiger partial charge in [0.2, 0.25) is 6.93 Å². The van der Waals surface area contributed by atoms with Crippen molar-refractivity contribution < 1.29 is 23.4 Å². The van der Waals surface area contributed by atoms with E-state index in [0.717, 1.165) is 36.7 Å². The Morgan fingerprint density at radius 1 is 0.880 bits per heavy atom. The molecule has 0 amide bonds. The zero-order valence-electron chi connectivity index (χ0n) is 14.6. The fourth-order valence-corrected chi connectivity index (χ4v) is 2.88. The smallest absolute Gasteiger partial charge is 0.229 e. The van der Waals surface area contributed by atoms with Crippen LogP contribution in [0.1, 0.15) is 24.0 Å². The molecule has 7 heteroatoms. The minimum atomic E-state index is -1.75. The Kier molecular flexibility index (Phi) is 11.5. The summed E-state index contributed by atoms with van der Waals surface area (Å²) in [4.78, 5) is 5.05. The van der Waals surface area contributed by atoms with Crippen LogP contribution in [0, 0.1) is 5.92 Å². The lowest BCUT2D eigenvalue weighted by molar-refractivity contribution is 0.0773. The van der Waals surface area contributed by atoms with Gasteiger partial charge >= 0.3 is 0 Å². The molecule has 144 valence electrons. The number of aliphatic hydroxyl groups excluding tert-OH is 1. The molecule has 2 N–H and O–H groups in total. The molecule has 0 radical (unpaired) electrons. The van der Waals surface area contributed by atoms with Gasteiger partial charge in [-0.3, -0.25) is 4.90 Å². The molecule has 1 aliphatic heterocycles. The third kappa shape index (κ3) is 9.21. The van der Waals surface area contributed by atoms with E-state index in [1.807, 2.05) is 18.2 Å². The average molecular weight is 362 g/mol. The largest absolute Gasteiger partial charge is 0.371 e. The highest BCUT2D eigenvalue weighted by molar-refractivity contribution is 5.26. The summed E-state index contributed by atoms with van der Waals surface area (Å²) in [5, 5.41) is 14.2. The molecule has 1 saturated carbocycles. The highest BCUT2D eigenvalue weighted by Gasteiger charge is 2.26. The molecule has 3 rings (SSSR count). The Hall–Kier alpha value is -1.15.